The molecule has 0 spiro atoms. The number of nitrogens with one attached hydrogen (secondary N) is 2. The Morgan fingerprint density at radius 2 is 2.15 bits per heavy atom. The first-order chi connectivity index (χ1) is 16.1. The average Bonchev–Trinajstić information content (AvgIpc) is 3.35. The minimum absolute atomic E-state index is 0.0971. The van der Waals surface area contributed by atoms with Crippen LogP contribution in [-0.4, -0.2) is 85.7 Å². The summed E-state index contributed by atoms with van der Waals surface area (Å²) in [6.45, 7) is 7.31. The van der Waals surface area contributed by atoms with Crippen LogP contribution in [0.2, 0.25) is 0 Å². The second-order valence-corrected chi connectivity index (χ2v) is 9.02. The summed E-state index contributed by atoms with van der Waals surface area (Å²) in [7, 11) is 1.64. The summed E-state index contributed by atoms with van der Waals surface area (Å²) in [6.07, 6.45) is 3.22. The molecule has 2 N–H and O–H groups in total. The van der Waals surface area contributed by atoms with Crippen LogP contribution in [0.3, 0.4) is 0 Å². The van der Waals surface area contributed by atoms with E-state index in [2.05, 4.69) is 20.1 Å². The van der Waals surface area contributed by atoms with Crippen LogP contribution in [0.4, 0.5) is 0 Å². The molecule has 180 valence electrons. The van der Waals surface area contributed by atoms with Crippen LogP contribution in [0.25, 0.3) is 10.9 Å². The van der Waals surface area contributed by atoms with Gasteiger partial charge in [0.1, 0.15) is 5.75 Å². The highest BCUT2D eigenvalue weighted by Crippen LogP contribution is 2.20. The highest BCUT2D eigenvalue weighted by Gasteiger charge is 2.22. The minimum atomic E-state index is -0.0971. The Bertz CT molecular complexity index is 986. The zero-order valence-corrected chi connectivity index (χ0v) is 20.1. The number of rotatable bonds is 9. The van der Waals surface area contributed by atoms with E-state index in [-0.39, 0.29) is 11.7 Å². The number of hydrogen-bond acceptors (Lipinski definition) is 6. The Hall–Kier alpha value is -2.20. The number of morpholine rings is 1. The third kappa shape index (κ3) is 6.66. The third-order valence-corrected chi connectivity index (χ3v) is 6.66. The van der Waals surface area contributed by atoms with Crippen molar-refractivity contribution < 1.29 is 14.2 Å². The van der Waals surface area contributed by atoms with Gasteiger partial charge >= 0.3 is 0 Å². The van der Waals surface area contributed by atoms with E-state index in [0.717, 1.165) is 81.9 Å². The molecular formula is C24H34N4O4S. The maximum atomic E-state index is 12.8. The largest absolute Gasteiger partial charge is 0.497 e. The quantitative estimate of drug-likeness (QED) is 0.423. The third-order valence-electron chi connectivity index (χ3n) is 6.26. The number of methoxy groups -OCH3 is 1. The van der Waals surface area contributed by atoms with Crippen molar-refractivity contribution in [2.75, 3.05) is 59.7 Å². The van der Waals surface area contributed by atoms with Crippen LogP contribution in [-0.2, 0) is 16.0 Å². The number of nitrogens with zero attached hydrogens (tertiary/aromatic N) is 2. The Morgan fingerprint density at radius 3 is 2.91 bits per heavy atom. The number of aromatic amines is 1. The van der Waals surface area contributed by atoms with Gasteiger partial charge in [0.05, 0.1) is 33.0 Å². The van der Waals surface area contributed by atoms with Crippen LogP contribution in [0.15, 0.2) is 29.1 Å². The molecule has 1 aromatic carbocycles. The zero-order chi connectivity index (χ0) is 23.0. The lowest BCUT2D eigenvalue weighted by Crippen LogP contribution is -2.45. The maximum absolute atomic E-state index is 12.8. The van der Waals surface area contributed by atoms with Crippen LogP contribution in [0, 0.1) is 0 Å². The van der Waals surface area contributed by atoms with Crippen molar-refractivity contribution in [3.8, 4) is 5.75 Å². The molecule has 0 aliphatic carbocycles. The lowest BCUT2D eigenvalue weighted by molar-refractivity contribution is 0.0375. The molecule has 2 aromatic rings. The van der Waals surface area contributed by atoms with E-state index >= 15 is 0 Å². The highest BCUT2D eigenvalue weighted by molar-refractivity contribution is 7.80. The second-order valence-electron chi connectivity index (χ2n) is 8.63. The van der Waals surface area contributed by atoms with Gasteiger partial charge in [0.25, 0.3) is 5.56 Å². The molecule has 0 radical (unpaired) electrons. The van der Waals surface area contributed by atoms with Gasteiger partial charge in [0.2, 0.25) is 0 Å². The Labute approximate surface area is 200 Å². The smallest absolute Gasteiger partial charge is 0.253 e. The van der Waals surface area contributed by atoms with Crippen molar-refractivity contribution in [3.63, 3.8) is 0 Å². The van der Waals surface area contributed by atoms with Crippen LogP contribution < -0.4 is 15.6 Å². The summed E-state index contributed by atoms with van der Waals surface area (Å²) in [4.78, 5) is 20.3. The number of fused-ring (bicyclic) bond motifs is 1. The number of pyridine rings is 1. The number of ether oxygens (including phenoxy) is 3. The van der Waals surface area contributed by atoms with Gasteiger partial charge in [-0.15, -0.1) is 0 Å². The summed E-state index contributed by atoms with van der Waals surface area (Å²) >= 11 is 5.75. The second kappa shape index (κ2) is 11.8. The van der Waals surface area contributed by atoms with Crippen molar-refractivity contribution in [1.29, 1.82) is 0 Å². The van der Waals surface area contributed by atoms with Crippen LogP contribution in [0.1, 0.15) is 24.8 Å². The first-order valence-electron chi connectivity index (χ1n) is 11.8. The van der Waals surface area contributed by atoms with Crippen molar-refractivity contribution in [1.82, 2.24) is 20.1 Å². The molecule has 2 saturated heterocycles. The highest BCUT2D eigenvalue weighted by atomic mass is 32.1. The fourth-order valence-corrected chi connectivity index (χ4v) is 4.61. The van der Waals surface area contributed by atoms with E-state index < -0.39 is 0 Å². The number of aromatic nitrogens is 1. The van der Waals surface area contributed by atoms with Gasteiger partial charge in [-0.05, 0) is 62.3 Å². The molecule has 1 aromatic heterocycles. The van der Waals surface area contributed by atoms with E-state index in [4.69, 9.17) is 26.4 Å². The molecule has 3 heterocycles. The molecule has 9 heteroatoms. The van der Waals surface area contributed by atoms with Gasteiger partial charge in [-0.1, -0.05) is 0 Å². The van der Waals surface area contributed by atoms with E-state index in [9.17, 15) is 4.79 Å². The zero-order valence-electron chi connectivity index (χ0n) is 19.3. The van der Waals surface area contributed by atoms with E-state index in [1.807, 2.05) is 24.3 Å². The fourth-order valence-electron chi connectivity index (χ4n) is 4.37. The molecule has 2 aliphatic heterocycles. The molecule has 33 heavy (non-hydrogen) atoms. The number of H-pyrrole nitrogens is 1. The molecule has 4 rings (SSSR count). The Kier molecular flexibility index (Phi) is 8.55. The van der Waals surface area contributed by atoms with Gasteiger partial charge in [-0.25, -0.2) is 0 Å². The summed E-state index contributed by atoms with van der Waals surface area (Å²) in [5.41, 5.74) is 1.37. The van der Waals surface area contributed by atoms with Gasteiger partial charge < -0.3 is 29.4 Å². The van der Waals surface area contributed by atoms with Crippen LogP contribution in [0.5, 0.6) is 5.75 Å². The van der Waals surface area contributed by atoms with E-state index in [1.54, 1.807) is 7.11 Å². The van der Waals surface area contributed by atoms with Gasteiger partial charge in [-0.3, -0.25) is 9.69 Å². The predicted octanol–water partition coefficient (Wildman–Crippen LogP) is 2.11. The Morgan fingerprint density at radius 1 is 1.30 bits per heavy atom. The molecule has 0 bridgehead atoms. The Balaban J connectivity index is 1.41. The van der Waals surface area contributed by atoms with Gasteiger partial charge in [-0.2, -0.15) is 0 Å². The molecule has 2 aliphatic rings. The number of benzene rings is 1. The molecule has 0 unspecified atom stereocenters. The van der Waals surface area contributed by atoms with Gasteiger partial charge in [0, 0.05) is 49.3 Å². The predicted molar refractivity (Wildman–Crippen MR) is 133 cm³/mol. The first kappa shape index (κ1) is 23.9. The molecule has 1 atom stereocenters. The standard InChI is InChI=1S/C24H34N4O4S/c1-30-20-5-6-22-18(15-20)14-19(23(29)26-22)16-28(17-21-4-2-11-32-21)24(33)25-7-3-8-27-9-12-31-13-10-27/h5-6,14-15,21H,2-4,7-13,16-17H2,1H3,(H,25,33)(H,26,29)/t21-/m0/s1. The topological polar surface area (TPSA) is 79.1 Å². The molecule has 8 nitrogen and oxygen atoms in total. The van der Waals surface area contributed by atoms with Crippen molar-refractivity contribution in [2.45, 2.75) is 31.9 Å². The molecule has 0 amide bonds. The van der Waals surface area contributed by atoms with E-state index in [1.165, 1.54) is 0 Å². The summed E-state index contributed by atoms with van der Waals surface area (Å²) < 4.78 is 16.6. The maximum Gasteiger partial charge on any atom is 0.253 e. The molecular weight excluding hydrogens is 440 g/mol. The monoisotopic (exact) mass is 474 g/mol. The number of hydrogen-bond donors (Lipinski definition) is 2. The van der Waals surface area contributed by atoms with Gasteiger partial charge in [0.15, 0.2) is 5.11 Å². The SMILES string of the molecule is COc1ccc2[nH]c(=O)c(CN(C[C@@H]3CCCO3)C(=S)NCCCN3CCOCC3)cc2c1. The average molecular weight is 475 g/mol. The summed E-state index contributed by atoms with van der Waals surface area (Å²) in [5.74, 6) is 0.758. The first-order valence-corrected chi connectivity index (χ1v) is 12.2. The fraction of sp³-hybridized carbons (Fsp3) is 0.583. The van der Waals surface area contributed by atoms with Crippen molar-refractivity contribution in [3.05, 3.63) is 40.2 Å². The van der Waals surface area contributed by atoms with Crippen molar-refractivity contribution >= 4 is 28.2 Å². The van der Waals surface area contributed by atoms with E-state index in [0.29, 0.717) is 23.8 Å². The molecule has 2 fully saturated rings. The number of thiocarbonyl (C=S) groups is 1. The van der Waals surface area contributed by atoms with Crippen LogP contribution >= 0.6 is 12.2 Å². The lowest BCUT2D eigenvalue weighted by atomic mass is 10.1. The minimum Gasteiger partial charge on any atom is -0.497 e. The summed E-state index contributed by atoms with van der Waals surface area (Å²) in [5, 5.41) is 5.00. The lowest BCUT2D eigenvalue weighted by Gasteiger charge is -2.29. The van der Waals surface area contributed by atoms with Crippen molar-refractivity contribution in [2.24, 2.45) is 0 Å². The normalized spacial score (nSPS) is 19.0. The summed E-state index contributed by atoms with van der Waals surface area (Å²) in [6, 6.07) is 7.57. The molecule has 0 saturated carbocycles.